The number of hydrogen-bond donors (Lipinski definition) is 3. The number of para-hydroxylation sites is 2. The number of carbonyl (C=O) groups excluding carboxylic acids is 1. The molecular weight excluding hydrogens is 476 g/mol. The van der Waals surface area contributed by atoms with Gasteiger partial charge in [0.1, 0.15) is 16.8 Å². The lowest BCUT2D eigenvalue weighted by Crippen LogP contribution is -2.20. The number of aromatic nitrogens is 1. The monoisotopic (exact) mass is 500 g/mol. The van der Waals surface area contributed by atoms with E-state index in [-0.39, 0.29) is 5.91 Å². The molecule has 0 aliphatic heterocycles. The van der Waals surface area contributed by atoms with E-state index in [1.165, 1.54) is 11.8 Å². The highest BCUT2D eigenvalue weighted by Gasteiger charge is 2.22. The average Bonchev–Trinajstić information content (AvgIpc) is 2.89. The van der Waals surface area contributed by atoms with E-state index in [0.717, 1.165) is 21.8 Å². The molecule has 1 amide bonds. The number of anilines is 3. The van der Waals surface area contributed by atoms with E-state index in [1.807, 2.05) is 91.0 Å². The molecule has 3 aromatic carbocycles. The summed E-state index contributed by atoms with van der Waals surface area (Å²) in [5.74, 6) is 1.07. The predicted molar refractivity (Wildman–Crippen MR) is 147 cm³/mol. The van der Waals surface area contributed by atoms with E-state index in [4.69, 9.17) is 17.0 Å². The van der Waals surface area contributed by atoms with Gasteiger partial charge in [0, 0.05) is 16.8 Å². The Morgan fingerprint density at radius 2 is 1.66 bits per heavy atom. The Labute approximate surface area is 214 Å². The van der Waals surface area contributed by atoms with Crippen LogP contribution in [0.5, 0.6) is 5.75 Å². The van der Waals surface area contributed by atoms with E-state index in [2.05, 4.69) is 20.9 Å². The van der Waals surface area contributed by atoms with Crippen molar-refractivity contribution in [1.29, 1.82) is 0 Å². The highest BCUT2D eigenvalue weighted by Crippen LogP contribution is 2.37. The molecule has 0 radical (unpaired) electrons. The minimum absolute atomic E-state index is 0.147. The number of methoxy groups -OCH3 is 1. The molecule has 0 saturated carbocycles. The van der Waals surface area contributed by atoms with Gasteiger partial charge in [0.15, 0.2) is 5.11 Å². The smallest absolute Gasteiger partial charge is 0.243 e. The Balaban J connectivity index is 1.49. The zero-order valence-corrected chi connectivity index (χ0v) is 20.6. The van der Waals surface area contributed by atoms with Gasteiger partial charge < -0.3 is 20.7 Å². The number of rotatable bonds is 8. The summed E-state index contributed by atoms with van der Waals surface area (Å²) in [5, 5.41) is 9.25. The molecule has 0 saturated heterocycles. The second kappa shape index (κ2) is 12.0. The summed E-state index contributed by atoms with van der Waals surface area (Å²) < 4.78 is 5.37. The van der Waals surface area contributed by atoms with Crippen LogP contribution < -0.4 is 20.7 Å². The first kappa shape index (κ1) is 24.3. The van der Waals surface area contributed by atoms with Crippen molar-refractivity contribution in [2.24, 2.45) is 0 Å². The van der Waals surface area contributed by atoms with Crippen LogP contribution in [0.25, 0.3) is 0 Å². The molecule has 1 atom stereocenters. The molecule has 176 valence electrons. The maximum Gasteiger partial charge on any atom is 0.243 e. The number of thiocarbonyl (C=S) groups is 1. The first-order valence-electron chi connectivity index (χ1n) is 10.9. The topological polar surface area (TPSA) is 75.3 Å². The van der Waals surface area contributed by atoms with Gasteiger partial charge in [-0.2, -0.15) is 0 Å². The van der Waals surface area contributed by atoms with Crippen molar-refractivity contribution in [2.75, 3.05) is 23.1 Å². The van der Waals surface area contributed by atoms with Gasteiger partial charge in [0.25, 0.3) is 0 Å². The van der Waals surface area contributed by atoms with Crippen LogP contribution in [0.3, 0.4) is 0 Å². The number of amides is 1. The number of carbonyl (C=O) groups is 1. The van der Waals surface area contributed by atoms with E-state index in [9.17, 15) is 4.79 Å². The van der Waals surface area contributed by atoms with Crippen molar-refractivity contribution in [2.45, 2.75) is 10.1 Å². The summed E-state index contributed by atoms with van der Waals surface area (Å²) in [6, 6.07) is 30.4. The van der Waals surface area contributed by atoms with Gasteiger partial charge in [-0.25, -0.2) is 4.98 Å². The Hall–Kier alpha value is -3.88. The molecule has 3 N–H and O–H groups in total. The summed E-state index contributed by atoms with van der Waals surface area (Å²) >= 11 is 6.95. The third-order valence-electron chi connectivity index (χ3n) is 4.96. The summed E-state index contributed by atoms with van der Waals surface area (Å²) in [7, 11) is 1.62. The van der Waals surface area contributed by atoms with Crippen LogP contribution >= 0.6 is 24.0 Å². The number of nitrogens with zero attached hydrogens (tertiary/aromatic N) is 1. The number of pyridine rings is 1. The number of ether oxygens (including phenoxy) is 1. The van der Waals surface area contributed by atoms with E-state index in [1.54, 1.807) is 19.4 Å². The molecule has 0 fully saturated rings. The van der Waals surface area contributed by atoms with E-state index < -0.39 is 5.25 Å². The quantitative estimate of drug-likeness (QED) is 0.192. The molecule has 1 heterocycles. The lowest BCUT2D eigenvalue weighted by molar-refractivity contribution is -0.115. The van der Waals surface area contributed by atoms with Crippen molar-refractivity contribution < 1.29 is 9.53 Å². The highest BCUT2D eigenvalue weighted by atomic mass is 32.2. The molecule has 6 nitrogen and oxygen atoms in total. The van der Waals surface area contributed by atoms with Crippen LogP contribution in [0.2, 0.25) is 0 Å². The van der Waals surface area contributed by atoms with Gasteiger partial charge >= 0.3 is 0 Å². The molecule has 0 spiro atoms. The molecule has 1 aromatic heterocycles. The second-order valence-corrected chi connectivity index (χ2v) is 9.01. The highest BCUT2D eigenvalue weighted by molar-refractivity contribution is 8.00. The van der Waals surface area contributed by atoms with Crippen LogP contribution in [0.15, 0.2) is 108 Å². The maximum atomic E-state index is 13.2. The van der Waals surface area contributed by atoms with Crippen LogP contribution in [-0.4, -0.2) is 23.1 Å². The number of hydrogen-bond acceptors (Lipinski definition) is 5. The van der Waals surface area contributed by atoms with E-state index in [0.29, 0.717) is 16.7 Å². The fourth-order valence-electron chi connectivity index (χ4n) is 3.35. The minimum Gasteiger partial charge on any atom is -0.495 e. The Morgan fingerprint density at radius 3 is 2.43 bits per heavy atom. The number of benzene rings is 3. The zero-order chi connectivity index (χ0) is 24.5. The first-order valence-corrected chi connectivity index (χ1v) is 12.2. The standard InChI is InChI=1S/C27H24N4O2S2/c1-33-23-15-6-5-14-22(23)30-27(34)29-20-12-9-13-21(18-20)35-25(19-10-3-2-4-11-19)26(32)31-24-16-7-8-17-28-24/h2-18,25H,1H3,(H,28,31,32)(H2,29,30,34). The van der Waals surface area contributed by atoms with Crippen molar-refractivity contribution in [3.8, 4) is 5.75 Å². The van der Waals surface area contributed by atoms with Gasteiger partial charge in [-0.15, -0.1) is 11.8 Å². The third-order valence-corrected chi connectivity index (χ3v) is 6.41. The molecule has 0 bridgehead atoms. The first-order chi connectivity index (χ1) is 17.1. The molecular formula is C27H24N4O2S2. The summed E-state index contributed by atoms with van der Waals surface area (Å²) in [6.45, 7) is 0. The normalized spacial score (nSPS) is 11.2. The van der Waals surface area contributed by atoms with Gasteiger partial charge in [0.05, 0.1) is 12.8 Å². The summed E-state index contributed by atoms with van der Waals surface area (Å²) in [4.78, 5) is 18.3. The minimum atomic E-state index is -0.466. The molecule has 0 aliphatic carbocycles. The van der Waals surface area contributed by atoms with Crippen molar-refractivity contribution >= 4 is 52.2 Å². The summed E-state index contributed by atoms with van der Waals surface area (Å²) in [6.07, 6.45) is 1.65. The van der Waals surface area contributed by atoms with Crippen LogP contribution in [0, 0.1) is 0 Å². The molecule has 4 aromatic rings. The van der Waals surface area contributed by atoms with Crippen molar-refractivity contribution in [3.63, 3.8) is 0 Å². The van der Waals surface area contributed by atoms with Crippen LogP contribution in [-0.2, 0) is 4.79 Å². The molecule has 8 heteroatoms. The van der Waals surface area contributed by atoms with Gasteiger partial charge in [0.2, 0.25) is 5.91 Å². The fourth-order valence-corrected chi connectivity index (χ4v) is 4.66. The maximum absolute atomic E-state index is 13.2. The third kappa shape index (κ3) is 6.81. The molecule has 0 aliphatic rings. The summed E-state index contributed by atoms with van der Waals surface area (Å²) in [5.41, 5.74) is 2.48. The Morgan fingerprint density at radius 1 is 0.886 bits per heavy atom. The lowest BCUT2D eigenvalue weighted by Gasteiger charge is -2.18. The van der Waals surface area contributed by atoms with Gasteiger partial charge in [-0.3, -0.25) is 4.79 Å². The largest absolute Gasteiger partial charge is 0.495 e. The van der Waals surface area contributed by atoms with Crippen LogP contribution in [0.1, 0.15) is 10.8 Å². The molecule has 1 unspecified atom stereocenters. The van der Waals surface area contributed by atoms with Crippen LogP contribution in [0.4, 0.5) is 17.2 Å². The predicted octanol–water partition coefficient (Wildman–Crippen LogP) is 6.37. The molecule has 35 heavy (non-hydrogen) atoms. The average molecular weight is 501 g/mol. The van der Waals surface area contributed by atoms with Gasteiger partial charge in [-0.1, -0.05) is 54.6 Å². The number of thioether (sulfide) groups is 1. The zero-order valence-electron chi connectivity index (χ0n) is 19.0. The Bertz CT molecular complexity index is 1290. The lowest BCUT2D eigenvalue weighted by atomic mass is 10.1. The SMILES string of the molecule is COc1ccccc1NC(=S)Nc1cccc(SC(C(=O)Nc2ccccn2)c2ccccc2)c1. The fraction of sp³-hybridized carbons (Fsp3) is 0.0741. The molecule has 4 rings (SSSR count). The Kier molecular flexibility index (Phi) is 8.32. The van der Waals surface area contributed by atoms with Crippen molar-refractivity contribution in [1.82, 2.24) is 4.98 Å². The second-order valence-electron chi connectivity index (χ2n) is 7.42. The van der Waals surface area contributed by atoms with E-state index >= 15 is 0 Å². The van der Waals surface area contributed by atoms with Crippen molar-refractivity contribution in [3.05, 3.63) is 109 Å². The van der Waals surface area contributed by atoms with Gasteiger partial charge in [-0.05, 0) is 60.2 Å². The number of nitrogens with one attached hydrogen (secondary N) is 3.